The van der Waals surface area contributed by atoms with Crippen LogP contribution in [0.3, 0.4) is 0 Å². The predicted molar refractivity (Wildman–Crippen MR) is 74.4 cm³/mol. The minimum Gasteiger partial charge on any atom is -0.394 e. The van der Waals surface area contributed by atoms with Gasteiger partial charge in [-0.15, -0.1) is 0 Å². The topological polar surface area (TPSA) is 77.5 Å². The van der Waals surface area contributed by atoms with E-state index in [0.717, 1.165) is 31.7 Å². The number of aliphatic hydroxyl groups excluding tert-OH is 1. The SMILES string of the molecule is C[C@@H](CO)NC(=O)Nc1cccnc1N1CCCC1. The van der Waals surface area contributed by atoms with Crippen LogP contribution in [0.5, 0.6) is 0 Å². The maximum atomic E-state index is 11.8. The van der Waals surface area contributed by atoms with E-state index < -0.39 is 0 Å². The number of nitrogens with one attached hydrogen (secondary N) is 2. The Morgan fingerprint density at radius 3 is 2.95 bits per heavy atom. The smallest absolute Gasteiger partial charge is 0.319 e. The summed E-state index contributed by atoms with van der Waals surface area (Å²) >= 11 is 0. The van der Waals surface area contributed by atoms with Gasteiger partial charge in [0.2, 0.25) is 0 Å². The van der Waals surface area contributed by atoms with Crippen LogP contribution in [0.4, 0.5) is 16.3 Å². The van der Waals surface area contributed by atoms with Gasteiger partial charge in [-0.2, -0.15) is 0 Å². The molecule has 2 rings (SSSR count). The predicted octanol–water partition coefficient (Wildman–Crippen LogP) is 1.18. The summed E-state index contributed by atoms with van der Waals surface area (Å²) in [4.78, 5) is 18.3. The number of anilines is 2. The maximum absolute atomic E-state index is 11.8. The number of pyridine rings is 1. The van der Waals surface area contributed by atoms with Crippen molar-refractivity contribution in [3.05, 3.63) is 18.3 Å². The van der Waals surface area contributed by atoms with E-state index in [1.54, 1.807) is 19.2 Å². The van der Waals surface area contributed by atoms with Gasteiger partial charge in [-0.3, -0.25) is 0 Å². The summed E-state index contributed by atoms with van der Waals surface area (Å²) in [6.07, 6.45) is 4.04. The zero-order chi connectivity index (χ0) is 13.7. The van der Waals surface area contributed by atoms with Crippen molar-refractivity contribution in [2.24, 2.45) is 0 Å². The Labute approximate surface area is 112 Å². The molecule has 1 aliphatic rings. The Morgan fingerprint density at radius 1 is 1.53 bits per heavy atom. The third-order valence-corrected chi connectivity index (χ3v) is 3.09. The summed E-state index contributed by atoms with van der Waals surface area (Å²) < 4.78 is 0. The van der Waals surface area contributed by atoms with E-state index in [2.05, 4.69) is 20.5 Å². The lowest BCUT2D eigenvalue weighted by Gasteiger charge is -2.20. The molecule has 0 aliphatic carbocycles. The number of carbonyl (C=O) groups is 1. The van der Waals surface area contributed by atoms with Gasteiger partial charge < -0.3 is 20.6 Å². The van der Waals surface area contributed by atoms with Gasteiger partial charge in [0.15, 0.2) is 5.82 Å². The van der Waals surface area contributed by atoms with Gasteiger partial charge in [-0.05, 0) is 31.9 Å². The molecule has 0 unspecified atom stereocenters. The van der Waals surface area contributed by atoms with E-state index in [-0.39, 0.29) is 18.7 Å². The Kier molecular flexibility index (Phi) is 4.57. The van der Waals surface area contributed by atoms with Crippen molar-refractivity contribution < 1.29 is 9.90 Å². The highest BCUT2D eigenvalue weighted by molar-refractivity contribution is 5.92. The standard InChI is InChI=1S/C13H20N4O2/c1-10(9-18)15-13(19)16-11-5-4-6-14-12(11)17-7-2-3-8-17/h4-6,10,18H,2-3,7-9H2,1H3,(H2,15,16,19)/t10-/m0/s1. The molecule has 6 nitrogen and oxygen atoms in total. The van der Waals surface area contributed by atoms with Crippen LogP contribution in [0.25, 0.3) is 0 Å². The molecule has 0 aromatic carbocycles. The molecular formula is C13H20N4O2. The van der Waals surface area contributed by atoms with Crippen molar-refractivity contribution in [3.63, 3.8) is 0 Å². The average molecular weight is 264 g/mol. The fourth-order valence-electron chi connectivity index (χ4n) is 2.10. The fraction of sp³-hybridized carbons (Fsp3) is 0.538. The van der Waals surface area contributed by atoms with Crippen molar-refractivity contribution in [3.8, 4) is 0 Å². The number of aromatic nitrogens is 1. The van der Waals surface area contributed by atoms with Crippen LogP contribution < -0.4 is 15.5 Å². The molecule has 2 heterocycles. The first-order valence-corrected chi connectivity index (χ1v) is 6.59. The van der Waals surface area contributed by atoms with Crippen LogP contribution in [0.15, 0.2) is 18.3 Å². The van der Waals surface area contributed by atoms with E-state index in [9.17, 15) is 4.79 Å². The molecule has 1 saturated heterocycles. The normalized spacial score (nSPS) is 16.2. The zero-order valence-corrected chi connectivity index (χ0v) is 11.1. The van der Waals surface area contributed by atoms with Crippen molar-refractivity contribution in [1.82, 2.24) is 10.3 Å². The fourth-order valence-corrected chi connectivity index (χ4v) is 2.10. The Balaban J connectivity index is 2.05. The number of urea groups is 1. The summed E-state index contributed by atoms with van der Waals surface area (Å²) in [6.45, 7) is 3.60. The Morgan fingerprint density at radius 2 is 2.26 bits per heavy atom. The van der Waals surface area contributed by atoms with Crippen LogP contribution in [-0.4, -0.2) is 41.9 Å². The second-order valence-corrected chi connectivity index (χ2v) is 4.75. The molecule has 3 N–H and O–H groups in total. The van der Waals surface area contributed by atoms with E-state index in [1.807, 2.05) is 6.07 Å². The molecule has 0 radical (unpaired) electrons. The summed E-state index contributed by atoms with van der Waals surface area (Å²) in [7, 11) is 0. The maximum Gasteiger partial charge on any atom is 0.319 e. The molecule has 0 saturated carbocycles. The number of hydrogen-bond acceptors (Lipinski definition) is 4. The summed E-state index contributed by atoms with van der Waals surface area (Å²) in [5, 5.41) is 14.4. The highest BCUT2D eigenvalue weighted by Gasteiger charge is 2.18. The molecule has 6 heteroatoms. The van der Waals surface area contributed by atoms with Gasteiger partial charge in [-0.25, -0.2) is 9.78 Å². The monoisotopic (exact) mass is 264 g/mol. The van der Waals surface area contributed by atoms with Crippen LogP contribution in [0.2, 0.25) is 0 Å². The van der Waals surface area contributed by atoms with Crippen molar-refractivity contribution in [1.29, 1.82) is 0 Å². The van der Waals surface area contributed by atoms with Crippen LogP contribution in [0.1, 0.15) is 19.8 Å². The van der Waals surface area contributed by atoms with Crippen LogP contribution in [0, 0.1) is 0 Å². The summed E-state index contributed by atoms with van der Waals surface area (Å²) in [6, 6.07) is 3.04. The minimum absolute atomic E-state index is 0.0839. The molecule has 1 atom stereocenters. The van der Waals surface area contributed by atoms with E-state index in [0.29, 0.717) is 5.69 Å². The van der Waals surface area contributed by atoms with E-state index in [1.165, 1.54) is 0 Å². The molecule has 1 fully saturated rings. The number of rotatable bonds is 4. The molecule has 104 valence electrons. The number of hydrogen-bond donors (Lipinski definition) is 3. The van der Waals surface area contributed by atoms with Gasteiger partial charge >= 0.3 is 6.03 Å². The summed E-state index contributed by atoms with van der Waals surface area (Å²) in [5.74, 6) is 0.812. The van der Waals surface area contributed by atoms with Crippen molar-refractivity contribution in [2.45, 2.75) is 25.8 Å². The average Bonchev–Trinajstić information content (AvgIpc) is 2.93. The second kappa shape index (κ2) is 6.38. The van der Waals surface area contributed by atoms with Crippen molar-refractivity contribution >= 4 is 17.5 Å². The highest BCUT2D eigenvalue weighted by Crippen LogP contribution is 2.25. The van der Waals surface area contributed by atoms with Gasteiger partial charge in [0, 0.05) is 19.3 Å². The molecule has 0 bridgehead atoms. The van der Waals surface area contributed by atoms with Crippen LogP contribution >= 0.6 is 0 Å². The lowest BCUT2D eigenvalue weighted by Crippen LogP contribution is -2.38. The molecule has 0 spiro atoms. The lowest BCUT2D eigenvalue weighted by atomic mass is 10.3. The molecule has 1 aromatic rings. The number of aliphatic hydroxyl groups is 1. The minimum atomic E-state index is -0.324. The highest BCUT2D eigenvalue weighted by atomic mass is 16.3. The first kappa shape index (κ1) is 13.6. The molecule has 19 heavy (non-hydrogen) atoms. The van der Waals surface area contributed by atoms with Gasteiger partial charge in [0.05, 0.1) is 18.3 Å². The van der Waals surface area contributed by atoms with E-state index in [4.69, 9.17) is 5.11 Å². The second-order valence-electron chi connectivity index (χ2n) is 4.75. The molecular weight excluding hydrogens is 244 g/mol. The van der Waals surface area contributed by atoms with Gasteiger partial charge in [0.1, 0.15) is 0 Å². The lowest BCUT2D eigenvalue weighted by molar-refractivity contribution is 0.229. The largest absolute Gasteiger partial charge is 0.394 e. The first-order valence-electron chi connectivity index (χ1n) is 6.59. The Hall–Kier alpha value is -1.82. The third kappa shape index (κ3) is 3.57. The third-order valence-electron chi connectivity index (χ3n) is 3.09. The number of nitrogens with zero attached hydrogens (tertiary/aromatic N) is 2. The quantitative estimate of drug-likeness (QED) is 0.763. The van der Waals surface area contributed by atoms with Crippen LogP contribution in [-0.2, 0) is 0 Å². The number of amides is 2. The number of carbonyl (C=O) groups excluding carboxylic acids is 1. The summed E-state index contributed by atoms with van der Waals surface area (Å²) in [5.41, 5.74) is 0.701. The van der Waals surface area contributed by atoms with Gasteiger partial charge in [-0.1, -0.05) is 0 Å². The first-order chi connectivity index (χ1) is 9.20. The van der Waals surface area contributed by atoms with Crippen molar-refractivity contribution in [2.75, 3.05) is 29.9 Å². The van der Waals surface area contributed by atoms with Gasteiger partial charge in [0.25, 0.3) is 0 Å². The molecule has 1 aliphatic heterocycles. The van der Waals surface area contributed by atoms with E-state index >= 15 is 0 Å². The Bertz CT molecular complexity index is 432. The zero-order valence-electron chi connectivity index (χ0n) is 11.1. The molecule has 2 amide bonds. The molecule has 1 aromatic heterocycles.